The highest BCUT2D eigenvalue weighted by Gasteiger charge is 2.17. The summed E-state index contributed by atoms with van der Waals surface area (Å²) >= 11 is 0. The Labute approximate surface area is 140 Å². The minimum absolute atomic E-state index is 0.353. The van der Waals surface area contributed by atoms with Gasteiger partial charge in [-0.05, 0) is 49.8 Å². The van der Waals surface area contributed by atoms with Gasteiger partial charge in [0.25, 0.3) is 0 Å². The third-order valence-corrected chi connectivity index (χ3v) is 4.36. The van der Waals surface area contributed by atoms with Gasteiger partial charge >= 0.3 is 0 Å². The fourth-order valence-corrected chi connectivity index (χ4v) is 2.86. The van der Waals surface area contributed by atoms with E-state index < -0.39 is 11.6 Å². The van der Waals surface area contributed by atoms with E-state index in [2.05, 4.69) is 28.4 Å². The predicted octanol–water partition coefficient (Wildman–Crippen LogP) is 4.77. The van der Waals surface area contributed by atoms with Crippen molar-refractivity contribution in [2.24, 2.45) is 11.8 Å². The molecular formula is C20H18F2N2. The summed E-state index contributed by atoms with van der Waals surface area (Å²) in [5.41, 5.74) is 1.17. The standard InChI is InChI=1S/C20H18F2N2/c1-2-14-3-5-15(6-4-14)7-8-16-12-23-20(24-13-16)17-9-10-18(21)19(22)11-17/h2,9-15H,1,3-6H2/t14-,15-. The molecule has 24 heavy (non-hydrogen) atoms. The Kier molecular flexibility index (Phi) is 5.00. The van der Waals surface area contributed by atoms with Crippen LogP contribution in [0.3, 0.4) is 0 Å². The number of rotatable bonds is 2. The fourth-order valence-electron chi connectivity index (χ4n) is 2.86. The molecule has 1 heterocycles. The number of halogens is 2. The molecule has 0 bridgehead atoms. The van der Waals surface area contributed by atoms with Crippen molar-refractivity contribution in [1.82, 2.24) is 9.97 Å². The molecule has 0 aliphatic heterocycles. The van der Waals surface area contributed by atoms with Crippen LogP contribution < -0.4 is 0 Å². The van der Waals surface area contributed by atoms with E-state index in [-0.39, 0.29) is 0 Å². The van der Waals surface area contributed by atoms with Crippen molar-refractivity contribution in [2.75, 3.05) is 0 Å². The number of benzene rings is 1. The van der Waals surface area contributed by atoms with Crippen LogP contribution in [0.15, 0.2) is 43.2 Å². The number of aromatic nitrogens is 2. The molecule has 0 saturated heterocycles. The molecule has 0 radical (unpaired) electrons. The molecule has 0 unspecified atom stereocenters. The second kappa shape index (κ2) is 7.35. The fraction of sp³-hybridized carbons (Fsp3) is 0.300. The molecule has 2 aromatic rings. The Morgan fingerprint density at radius 3 is 2.38 bits per heavy atom. The van der Waals surface area contributed by atoms with Gasteiger partial charge in [-0.3, -0.25) is 0 Å². The van der Waals surface area contributed by atoms with E-state index in [0.717, 1.165) is 43.4 Å². The lowest BCUT2D eigenvalue weighted by Gasteiger charge is -2.22. The molecule has 2 nitrogen and oxygen atoms in total. The monoisotopic (exact) mass is 324 g/mol. The van der Waals surface area contributed by atoms with Crippen LogP contribution in [-0.2, 0) is 0 Å². The first-order valence-corrected chi connectivity index (χ1v) is 8.07. The smallest absolute Gasteiger partial charge is 0.159 e. The van der Waals surface area contributed by atoms with Crippen molar-refractivity contribution in [2.45, 2.75) is 25.7 Å². The minimum atomic E-state index is -0.907. The molecule has 122 valence electrons. The summed E-state index contributed by atoms with van der Waals surface area (Å²) in [7, 11) is 0. The third kappa shape index (κ3) is 3.86. The lowest BCUT2D eigenvalue weighted by Crippen LogP contribution is -2.11. The zero-order chi connectivity index (χ0) is 16.9. The first kappa shape index (κ1) is 16.3. The van der Waals surface area contributed by atoms with Crippen LogP contribution in [0.25, 0.3) is 11.4 Å². The lowest BCUT2D eigenvalue weighted by molar-refractivity contribution is 0.365. The second-order valence-corrected chi connectivity index (χ2v) is 6.04. The van der Waals surface area contributed by atoms with Crippen LogP contribution >= 0.6 is 0 Å². The molecule has 1 saturated carbocycles. The van der Waals surface area contributed by atoms with Gasteiger partial charge in [-0.25, -0.2) is 18.7 Å². The normalized spacial score (nSPS) is 20.1. The highest BCUT2D eigenvalue weighted by atomic mass is 19.2. The van der Waals surface area contributed by atoms with Crippen molar-refractivity contribution in [3.05, 3.63) is 60.4 Å². The van der Waals surface area contributed by atoms with Crippen molar-refractivity contribution in [1.29, 1.82) is 0 Å². The van der Waals surface area contributed by atoms with E-state index in [4.69, 9.17) is 0 Å². The highest BCUT2D eigenvalue weighted by molar-refractivity contribution is 5.55. The maximum absolute atomic E-state index is 13.3. The maximum atomic E-state index is 13.3. The van der Waals surface area contributed by atoms with Crippen molar-refractivity contribution >= 4 is 0 Å². The van der Waals surface area contributed by atoms with Crippen LogP contribution in [0, 0.1) is 35.3 Å². The molecule has 0 N–H and O–H groups in total. The van der Waals surface area contributed by atoms with E-state index in [0.29, 0.717) is 23.2 Å². The summed E-state index contributed by atoms with van der Waals surface area (Å²) in [4.78, 5) is 8.39. The van der Waals surface area contributed by atoms with Crippen molar-refractivity contribution in [3.8, 4) is 23.2 Å². The molecule has 0 atom stereocenters. The van der Waals surface area contributed by atoms with Gasteiger partial charge in [0, 0.05) is 23.9 Å². The molecule has 1 aliphatic rings. The molecule has 1 aromatic heterocycles. The average molecular weight is 324 g/mol. The van der Waals surface area contributed by atoms with Crippen LogP contribution in [0.1, 0.15) is 31.2 Å². The number of hydrogen-bond acceptors (Lipinski definition) is 2. The Bertz CT molecular complexity index is 780. The van der Waals surface area contributed by atoms with Gasteiger partial charge in [-0.15, -0.1) is 6.58 Å². The summed E-state index contributed by atoms with van der Waals surface area (Å²) in [6.07, 6.45) is 9.75. The van der Waals surface area contributed by atoms with Gasteiger partial charge in [0.1, 0.15) is 0 Å². The summed E-state index contributed by atoms with van der Waals surface area (Å²) in [6.45, 7) is 3.85. The summed E-state index contributed by atoms with van der Waals surface area (Å²) in [6, 6.07) is 3.62. The highest BCUT2D eigenvalue weighted by Crippen LogP contribution is 2.28. The first-order chi connectivity index (χ1) is 11.7. The lowest BCUT2D eigenvalue weighted by atomic mass is 9.82. The van der Waals surface area contributed by atoms with E-state index in [1.165, 1.54) is 6.07 Å². The Hall–Kier alpha value is -2.54. The number of nitrogens with zero attached hydrogens (tertiary/aromatic N) is 2. The van der Waals surface area contributed by atoms with Gasteiger partial charge in [0.05, 0.1) is 5.56 Å². The van der Waals surface area contributed by atoms with Gasteiger partial charge < -0.3 is 0 Å². The number of allylic oxidation sites excluding steroid dienone is 1. The molecule has 0 spiro atoms. The third-order valence-electron chi connectivity index (χ3n) is 4.36. The van der Waals surface area contributed by atoms with Crippen LogP contribution in [-0.4, -0.2) is 9.97 Å². The second-order valence-electron chi connectivity index (χ2n) is 6.04. The van der Waals surface area contributed by atoms with Crippen molar-refractivity contribution in [3.63, 3.8) is 0 Å². The van der Waals surface area contributed by atoms with Gasteiger partial charge in [-0.1, -0.05) is 17.9 Å². The maximum Gasteiger partial charge on any atom is 0.159 e. The van der Waals surface area contributed by atoms with E-state index >= 15 is 0 Å². The van der Waals surface area contributed by atoms with Gasteiger partial charge in [0.15, 0.2) is 17.5 Å². The minimum Gasteiger partial charge on any atom is -0.235 e. The summed E-state index contributed by atoms with van der Waals surface area (Å²) < 4.78 is 26.2. The summed E-state index contributed by atoms with van der Waals surface area (Å²) in [5.74, 6) is 6.00. The van der Waals surface area contributed by atoms with Crippen molar-refractivity contribution < 1.29 is 8.78 Å². The van der Waals surface area contributed by atoms with E-state index in [1.54, 1.807) is 12.4 Å². The Morgan fingerprint density at radius 1 is 1.04 bits per heavy atom. The molecule has 1 fully saturated rings. The molecule has 1 aliphatic carbocycles. The molecule has 1 aromatic carbocycles. The first-order valence-electron chi connectivity index (χ1n) is 8.07. The Balaban J connectivity index is 1.68. The average Bonchev–Trinajstić information content (AvgIpc) is 2.63. The SMILES string of the molecule is C=C[C@H]1CC[C@H](C#Cc2cnc(-c3ccc(F)c(F)c3)nc2)CC1. The molecule has 3 rings (SSSR count). The van der Waals surface area contributed by atoms with Crippen LogP contribution in [0.2, 0.25) is 0 Å². The van der Waals surface area contributed by atoms with E-state index in [1.807, 2.05) is 6.08 Å². The van der Waals surface area contributed by atoms with Crippen LogP contribution in [0.4, 0.5) is 8.78 Å². The van der Waals surface area contributed by atoms with Gasteiger partial charge in [-0.2, -0.15) is 0 Å². The zero-order valence-electron chi connectivity index (χ0n) is 13.3. The predicted molar refractivity (Wildman–Crippen MR) is 89.9 cm³/mol. The number of hydrogen-bond donors (Lipinski definition) is 0. The zero-order valence-corrected chi connectivity index (χ0v) is 13.3. The quantitative estimate of drug-likeness (QED) is 0.587. The Morgan fingerprint density at radius 2 is 1.75 bits per heavy atom. The van der Waals surface area contributed by atoms with Gasteiger partial charge in [0.2, 0.25) is 0 Å². The molecule has 4 heteroatoms. The van der Waals surface area contributed by atoms with Crippen LogP contribution in [0.5, 0.6) is 0 Å². The molecule has 0 amide bonds. The summed E-state index contributed by atoms with van der Waals surface area (Å²) in [5, 5.41) is 0. The molecular weight excluding hydrogens is 306 g/mol. The largest absolute Gasteiger partial charge is 0.235 e. The topological polar surface area (TPSA) is 25.8 Å². The van der Waals surface area contributed by atoms with E-state index in [9.17, 15) is 8.78 Å².